The molecule has 0 fully saturated rings. The third-order valence-corrected chi connectivity index (χ3v) is 4.12. The van der Waals surface area contributed by atoms with Gasteiger partial charge in [-0.3, -0.25) is 0 Å². The highest BCUT2D eigenvalue weighted by Crippen LogP contribution is 2.32. The maximum Gasteiger partial charge on any atom is 0.134 e. The lowest BCUT2D eigenvalue weighted by molar-refractivity contribution is 0.539. The number of hydrogen-bond donors (Lipinski definition) is 1. The summed E-state index contributed by atoms with van der Waals surface area (Å²) in [6.45, 7) is 3.61. The first-order chi connectivity index (χ1) is 8.56. The molecule has 0 aliphatic rings. The molecule has 0 spiro atoms. The molecule has 0 aliphatic carbocycles. The molecule has 1 unspecified atom stereocenters. The van der Waals surface area contributed by atoms with Gasteiger partial charge in [-0.05, 0) is 42.0 Å². The number of thiophene rings is 1. The highest BCUT2D eigenvalue weighted by molar-refractivity contribution is 7.10. The van der Waals surface area contributed by atoms with Crippen molar-refractivity contribution in [3.63, 3.8) is 0 Å². The molecule has 18 heavy (non-hydrogen) atoms. The summed E-state index contributed by atoms with van der Waals surface area (Å²) in [5.74, 6) is -1.13. The minimum absolute atomic E-state index is 0.0350. The van der Waals surface area contributed by atoms with Gasteiger partial charge < -0.3 is 5.73 Å². The molecule has 0 bridgehead atoms. The Balaban J connectivity index is 2.52. The summed E-state index contributed by atoms with van der Waals surface area (Å²) in [6.07, 6.45) is 0.807. The molecule has 4 heteroatoms. The van der Waals surface area contributed by atoms with E-state index in [9.17, 15) is 8.78 Å². The van der Waals surface area contributed by atoms with Gasteiger partial charge in [0.25, 0.3) is 0 Å². The van der Waals surface area contributed by atoms with Crippen molar-refractivity contribution < 1.29 is 8.78 Å². The number of aryl methyl sites for hydroxylation is 2. The zero-order chi connectivity index (χ0) is 13.3. The molecule has 1 heterocycles. The smallest absolute Gasteiger partial charge is 0.134 e. The van der Waals surface area contributed by atoms with Crippen molar-refractivity contribution in [3.05, 3.63) is 56.8 Å². The Morgan fingerprint density at radius 3 is 2.67 bits per heavy atom. The van der Waals surface area contributed by atoms with Crippen LogP contribution in [0.5, 0.6) is 0 Å². The molecule has 0 radical (unpaired) electrons. The summed E-state index contributed by atoms with van der Waals surface area (Å²) in [6, 6.07) is 3.91. The molecule has 2 N–H and O–H groups in total. The van der Waals surface area contributed by atoms with E-state index in [1.165, 1.54) is 23.5 Å². The zero-order valence-electron chi connectivity index (χ0n) is 10.3. The Morgan fingerprint density at radius 1 is 1.28 bits per heavy atom. The van der Waals surface area contributed by atoms with Crippen LogP contribution >= 0.6 is 11.3 Å². The van der Waals surface area contributed by atoms with E-state index >= 15 is 0 Å². The lowest BCUT2D eigenvalue weighted by atomic mass is 9.99. The molecular formula is C14H15F2NS. The van der Waals surface area contributed by atoms with Gasteiger partial charge in [-0.1, -0.05) is 13.0 Å². The van der Waals surface area contributed by atoms with Crippen LogP contribution in [0.1, 0.15) is 34.5 Å². The molecular weight excluding hydrogens is 252 g/mol. The second-order valence-corrected chi connectivity index (χ2v) is 5.18. The molecule has 96 valence electrons. The molecule has 2 aromatic rings. The SMILES string of the molecule is CCc1ccsc1C(N)c1c(F)ccc(C)c1F. The molecule has 0 saturated heterocycles. The van der Waals surface area contributed by atoms with Gasteiger partial charge >= 0.3 is 0 Å². The number of halogens is 2. The molecule has 1 aromatic carbocycles. The van der Waals surface area contributed by atoms with E-state index in [0.29, 0.717) is 5.56 Å². The molecule has 1 atom stereocenters. The van der Waals surface area contributed by atoms with Crippen LogP contribution in [0.25, 0.3) is 0 Å². The second-order valence-electron chi connectivity index (χ2n) is 4.23. The van der Waals surface area contributed by atoms with Crippen LogP contribution in [-0.4, -0.2) is 0 Å². The lowest BCUT2D eigenvalue weighted by Gasteiger charge is -2.15. The van der Waals surface area contributed by atoms with Crippen molar-refractivity contribution in [1.29, 1.82) is 0 Å². The van der Waals surface area contributed by atoms with E-state index in [0.717, 1.165) is 16.9 Å². The highest BCUT2D eigenvalue weighted by Gasteiger charge is 2.22. The summed E-state index contributed by atoms with van der Waals surface area (Å²) in [5, 5.41) is 1.90. The predicted molar refractivity (Wildman–Crippen MR) is 70.8 cm³/mol. The Morgan fingerprint density at radius 2 is 2.00 bits per heavy atom. The van der Waals surface area contributed by atoms with Gasteiger partial charge in [0.15, 0.2) is 0 Å². The molecule has 0 aliphatic heterocycles. The van der Waals surface area contributed by atoms with Gasteiger partial charge in [-0.2, -0.15) is 0 Å². The minimum Gasteiger partial charge on any atom is -0.319 e. The number of nitrogens with two attached hydrogens (primary N) is 1. The van der Waals surface area contributed by atoms with Crippen molar-refractivity contribution >= 4 is 11.3 Å². The largest absolute Gasteiger partial charge is 0.319 e. The molecule has 2 rings (SSSR count). The number of benzene rings is 1. The molecule has 0 amide bonds. The van der Waals surface area contributed by atoms with Crippen molar-refractivity contribution in [3.8, 4) is 0 Å². The first-order valence-corrected chi connectivity index (χ1v) is 6.70. The maximum atomic E-state index is 14.0. The van der Waals surface area contributed by atoms with Crippen LogP contribution in [0, 0.1) is 18.6 Å². The molecule has 1 nitrogen and oxygen atoms in total. The third-order valence-electron chi connectivity index (χ3n) is 3.07. The van der Waals surface area contributed by atoms with Gasteiger partial charge in [0.1, 0.15) is 11.6 Å². The fraction of sp³-hybridized carbons (Fsp3) is 0.286. The predicted octanol–water partition coefficient (Wildman–Crippen LogP) is 3.95. The van der Waals surface area contributed by atoms with Crippen molar-refractivity contribution in [2.75, 3.05) is 0 Å². The fourth-order valence-electron chi connectivity index (χ4n) is 2.01. The Kier molecular flexibility index (Phi) is 3.78. The Labute approximate surface area is 109 Å². The van der Waals surface area contributed by atoms with Gasteiger partial charge in [0.2, 0.25) is 0 Å². The van der Waals surface area contributed by atoms with E-state index in [2.05, 4.69) is 0 Å². The van der Waals surface area contributed by atoms with E-state index in [4.69, 9.17) is 5.73 Å². The van der Waals surface area contributed by atoms with Crippen LogP contribution in [-0.2, 0) is 6.42 Å². The summed E-state index contributed by atoms with van der Waals surface area (Å²) in [7, 11) is 0. The lowest BCUT2D eigenvalue weighted by Crippen LogP contribution is -2.16. The van der Waals surface area contributed by atoms with Gasteiger partial charge in [-0.15, -0.1) is 11.3 Å². The van der Waals surface area contributed by atoms with E-state index in [1.807, 2.05) is 18.4 Å². The highest BCUT2D eigenvalue weighted by atomic mass is 32.1. The van der Waals surface area contributed by atoms with Gasteiger partial charge in [0, 0.05) is 10.4 Å². The van der Waals surface area contributed by atoms with E-state index < -0.39 is 17.7 Å². The quantitative estimate of drug-likeness (QED) is 0.895. The van der Waals surface area contributed by atoms with Crippen LogP contribution < -0.4 is 5.73 Å². The normalized spacial score (nSPS) is 12.7. The van der Waals surface area contributed by atoms with Crippen LogP contribution in [0.4, 0.5) is 8.78 Å². The summed E-state index contributed by atoms with van der Waals surface area (Å²) in [4.78, 5) is 0.834. The monoisotopic (exact) mass is 267 g/mol. The molecule has 1 aromatic heterocycles. The minimum atomic E-state index is -0.736. The van der Waals surface area contributed by atoms with Crippen molar-refractivity contribution in [2.24, 2.45) is 5.73 Å². The number of rotatable bonds is 3. The Bertz CT molecular complexity index is 563. The first-order valence-electron chi connectivity index (χ1n) is 5.82. The average molecular weight is 267 g/mol. The van der Waals surface area contributed by atoms with Crippen LogP contribution in [0.3, 0.4) is 0 Å². The zero-order valence-corrected chi connectivity index (χ0v) is 11.2. The van der Waals surface area contributed by atoms with Crippen molar-refractivity contribution in [2.45, 2.75) is 26.3 Å². The van der Waals surface area contributed by atoms with E-state index in [1.54, 1.807) is 6.92 Å². The second kappa shape index (κ2) is 5.16. The van der Waals surface area contributed by atoms with Crippen molar-refractivity contribution in [1.82, 2.24) is 0 Å². The summed E-state index contributed by atoms with van der Waals surface area (Å²) in [5.41, 5.74) is 7.47. The topological polar surface area (TPSA) is 26.0 Å². The average Bonchev–Trinajstić information content (AvgIpc) is 2.82. The number of hydrogen-bond acceptors (Lipinski definition) is 2. The van der Waals surface area contributed by atoms with Crippen LogP contribution in [0.15, 0.2) is 23.6 Å². The first kappa shape index (κ1) is 13.2. The Hall–Kier alpha value is -1.26. The van der Waals surface area contributed by atoms with Crippen LogP contribution in [0.2, 0.25) is 0 Å². The maximum absolute atomic E-state index is 14.0. The summed E-state index contributed by atoms with van der Waals surface area (Å²) < 4.78 is 27.8. The van der Waals surface area contributed by atoms with Gasteiger partial charge in [0.05, 0.1) is 6.04 Å². The van der Waals surface area contributed by atoms with E-state index in [-0.39, 0.29) is 5.56 Å². The fourth-order valence-corrected chi connectivity index (χ4v) is 3.01. The summed E-state index contributed by atoms with van der Waals surface area (Å²) >= 11 is 1.44. The van der Waals surface area contributed by atoms with Gasteiger partial charge in [-0.25, -0.2) is 8.78 Å². The third kappa shape index (κ3) is 2.18. The molecule has 0 saturated carbocycles. The standard InChI is InChI=1S/C14H15F2NS/c1-3-9-6-7-18-14(9)13(17)11-10(15)5-4-8(2)12(11)16/h4-7,13H,3,17H2,1-2H3.